The zero-order chi connectivity index (χ0) is 14.5. The van der Waals surface area contributed by atoms with Gasteiger partial charge in [0.05, 0.1) is 5.56 Å². The first-order valence-corrected chi connectivity index (χ1v) is 5.86. The van der Waals surface area contributed by atoms with Gasteiger partial charge < -0.3 is 9.57 Å². The molecule has 0 unspecified atom stereocenters. The summed E-state index contributed by atoms with van der Waals surface area (Å²) in [4.78, 5) is 49.9. The van der Waals surface area contributed by atoms with E-state index in [0.717, 1.165) is 0 Å². The minimum absolute atomic E-state index is 0.00984. The van der Waals surface area contributed by atoms with Gasteiger partial charge in [-0.25, -0.2) is 9.59 Å². The fraction of sp³-hybridized carbons (Fsp3) is 0.231. The summed E-state index contributed by atoms with van der Waals surface area (Å²) in [6, 6.07) is 8.09. The fourth-order valence-electron chi connectivity index (χ4n) is 1.57. The van der Waals surface area contributed by atoms with Crippen LogP contribution in [-0.2, 0) is 24.0 Å². The third-order valence-electron chi connectivity index (χ3n) is 2.53. The van der Waals surface area contributed by atoms with E-state index in [1.54, 1.807) is 18.2 Å². The van der Waals surface area contributed by atoms with E-state index in [4.69, 9.17) is 4.74 Å². The molecule has 0 aromatic heterocycles. The second-order valence-electron chi connectivity index (χ2n) is 3.99. The van der Waals surface area contributed by atoms with Gasteiger partial charge in [-0.2, -0.15) is 0 Å². The van der Waals surface area contributed by atoms with Gasteiger partial charge in [0.2, 0.25) is 0 Å². The average molecular weight is 277 g/mol. The van der Waals surface area contributed by atoms with Gasteiger partial charge in [-0.05, 0) is 12.1 Å². The molecule has 0 bridgehead atoms. The van der Waals surface area contributed by atoms with Gasteiger partial charge in [0, 0.05) is 12.8 Å². The van der Waals surface area contributed by atoms with Crippen molar-refractivity contribution in [2.75, 3.05) is 6.61 Å². The molecule has 7 heteroatoms. The quantitative estimate of drug-likeness (QED) is 0.586. The second kappa shape index (κ2) is 5.96. The van der Waals surface area contributed by atoms with Crippen LogP contribution in [0.5, 0.6) is 0 Å². The molecule has 20 heavy (non-hydrogen) atoms. The van der Waals surface area contributed by atoms with E-state index in [9.17, 15) is 19.2 Å². The van der Waals surface area contributed by atoms with Gasteiger partial charge in [-0.1, -0.05) is 18.2 Å². The molecule has 0 spiro atoms. The van der Waals surface area contributed by atoms with E-state index in [0.29, 0.717) is 5.06 Å². The number of benzene rings is 1. The standard InChI is InChI=1S/C13H11NO6/c15-10-6-7-11(16)14(10)20-12(17)8-19-13(18)9-4-2-1-3-5-9/h1-5H,6-8H2. The summed E-state index contributed by atoms with van der Waals surface area (Å²) in [7, 11) is 0. The van der Waals surface area contributed by atoms with Crippen LogP contribution in [-0.4, -0.2) is 35.4 Å². The third-order valence-corrected chi connectivity index (χ3v) is 2.53. The summed E-state index contributed by atoms with van der Waals surface area (Å²) >= 11 is 0. The first kappa shape index (κ1) is 13.7. The Bertz CT molecular complexity index is 537. The number of nitrogens with zero attached hydrogens (tertiary/aromatic N) is 1. The topological polar surface area (TPSA) is 90.0 Å². The molecule has 0 N–H and O–H groups in total. The molecule has 0 saturated carbocycles. The van der Waals surface area contributed by atoms with Crippen LogP contribution in [0.15, 0.2) is 30.3 Å². The van der Waals surface area contributed by atoms with E-state index >= 15 is 0 Å². The molecule has 1 fully saturated rings. The van der Waals surface area contributed by atoms with Crippen molar-refractivity contribution in [2.24, 2.45) is 0 Å². The van der Waals surface area contributed by atoms with Gasteiger partial charge >= 0.3 is 11.9 Å². The van der Waals surface area contributed by atoms with Crippen molar-refractivity contribution in [1.82, 2.24) is 5.06 Å². The number of esters is 1. The summed E-state index contributed by atoms with van der Waals surface area (Å²) in [6.07, 6.45) is 0.0197. The molecule has 1 aromatic carbocycles. The molecule has 0 radical (unpaired) electrons. The first-order chi connectivity index (χ1) is 9.58. The Morgan fingerprint density at radius 1 is 1.05 bits per heavy atom. The Labute approximate surface area is 114 Å². The number of ether oxygens (including phenoxy) is 1. The Hall–Kier alpha value is -2.70. The van der Waals surface area contributed by atoms with Crippen LogP contribution < -0.4 is 0 Å². The number of carbonyl (C=O) groups is 4. The molecule has 0 atom stereocenters. The van der Waals surface area contributed by atoms with E-state index in [1.165, 1.54) is 12.1 Å². The maximum atomic E-state index is 11.5. The summed E-state index contributed by atoms with van der Waals surface area (Å²) < 4.78 is 4.71. The number of imide groups is 1. The van der Waals surface area contributed by atoms with Gasteiger partial charge in [-0.3, -0.25) is 9.59 Å². The van der Waals surface area contributed by atoms with Crippen LogP contribution in [0.2, 0.25) is 0 Å². The molecule has 7 nitrogen and oxygen atoms in total. The predicted octanol–water partition coefficient (Wildman–Crippen LogP) is 0.451. The van der Waals surface area contributed by atoms with E-state index in [-0.39, 0.29) is 18.4 Å². The normalized spacial score (nSPS) is 14.3. The van der Waals surface area contributed by atoms with Crippen molar-refractivity contribution in [3.05, 3.63) is 35.9 Å². The molecular weight excluding hydrogens is 266 g/mol. The first-order valence-electron chi connectivity index (χ1n) is 5.86. The van der Waals surface area contributed by atoms with E-state index in [2.05, 4.69) is 4.84 Å². The molecule has 1 aromatic rings. The molecule has 1 aliphatic rings. The fourth-order valence-corrected chi connectivity index (χ4v) is 1.57. The van der Waals surface area contributed by atoms with Gasteiger partial charge in [0.25, 0.3) is 11.8 Å². The number of amides is 2. The third kappa shape index (κ3) is 3.19. The van der Waals surface area contributed by atoms with Gasteiger partial charge in [0.1, 0.15) is 0 Å². The highest BCUT2D eigenvalue weighted by Gasteiger charge is 2.33. The number of hydrogen-bond donors (Lipinski definition) is 0. The minimum Gasteiger partial charge on any atom is -0.450 e. The monoisotopic (exact) mass is 277 g/mol. The molecular formula is C13H11NO6. The Morgan fingerprint density at radius 3 is 2.25 bits per heavy atom. The van der Waals surface area contributed by atoms with Crippen molar-refractivity contribution in [2.45, 2.75) is 12.8 Å². The predicted molar refractivity (Wildman–Crippen MR) is 63.9 cm³/mol. The van der Waals surface area contributed by atoms with Gasteiger partial charge in [0.15, 0.2) is 6.61 Å². The van der Waals surface area contributed by atoms with Gasteiger partial charge in [-0.15, -0.1) is 5.06 Å². The Morgan fingerprint density at radius 2 is 1.65 bits per heavy atom. The van der Waals surface area contributed by atoms with Crippen molar-refractivity contribution < 1.29 is 28.8 Å². The highest BCUT2D eigenvalue weighted by atomic mass is 16.7. The lowest BCUT2D eigenvalue weighted by atomic mass is 10.2. The molecule has 2 rings (SSSR count). The average Bonchev–Trinajstić information content (AvgIpc) is 2.77. The molecule has 104 valence electrons. The highest BCUT2D eigenvalue weighted by molar-refractivity contribution is 6.01. The maximum absolute atomic E-state index is 11.5. The SMILES string of the molecule is O=C(COC(=O)c1ccccc1)ON1C(=O)CCC1=O. The molecule has 1 heterocycles. The Balaban J connectivity index is 1.82. The molecule has 0 aliphatic carbocycles. The van der Waals surface area contributed by atoms with Crippen molar-refractivity contribution in [1.29, 1.82) is 0 Å². The van der Waals surface area contributed by atoms with Crippen LogP contribution in [0.3, 0.4) is 0 Å². The molecule has 1 aliphatic heterocycles. The van der Waals surface area contributed by atoms with E-state index in [1.807, 2.05) is 0 Å². The van der Waals surface area contributed by atoms with Crippen LogP contribution in [0.1, 0.15) is 23.2 Å². The lowest BCUT2D eigenvalue weighted by molar-refractivity contribution is -0.199. The molecule has 1 saturated heterocycles. The highest BCUT2D eigenvalue weighted by Crippen LogP contribution is 2.12. The second-order valence-corrected chi connectivity index (χ2v) is 3.99. The van der Waals surface area contributed by atoms with Crippen LogP contribution in [0, 0.1) is 0 Å². The summed E-state index contributed by atoms with van der Waals surface area (Å²) in [5.41, 5.74) is 0.286. The maximum Gasteiger partial charge on any atom is 0.370 e. The zero-order valence-corrected chi connectivity index (χ0v) is 10.4. The largest absolute Gasteiger partial charge is 0.450 e. The number of hydrogen-bond acceptors (Lipinski definition) is 6. The molecule has 2 amide bonds. The smallest absolute Gasteiger partial charge is 0.370 e. The van der Waals surface area contributed by atoms with Crippen molar-refractivity contribution >= 4 is 23.8 Å². The Kier molecular flexibility index (Phi) is 4.09. The van der Waals surface area contributed by atoms with Crippen LogP contribution in [0.4, 0.5) is 0 Å². The minimum atomic E-state index is -0.988. The van der Waals surface area contributed by atoms with Crippen molar-refractivity contribution in [3.63, 3.8) is 0 Å². The zero-order valence-electron chi connectivity index (χ0n) is 10.4. The number of hydroxylamine groups is 2. The summed E-state index contributed by atoms with van der Waals surface area (Å²) in [5.74, 6) is -2.85. The van der Waals surface area contributed by atoms with E-state index < -0.39 is 30.4 Å². The number of rotatable bonds is 4. The summed E-state index contributed by atoms with van der Waals surface area (Å²) in [5, 5.41) is 0.401. The lowest BCUT2D eigenvalue weighted by Crippen LogP contribution is -2.33. The van der Waals surface area contributed by atoms with Crippen LogP contribution >= 0.6 is 0 Å². The number of carbonyl (C=O) groups excluding carboxylic acids is 4. The lowest BCUT2D eigenvalue weighted by Gasteiger charge is -2.12. The van der Waals surface area contributed by atoms with Crippen molar-refractivity contribution in [3.8, 4) is 0 Å². The van der Waals surface area contributed by atoms with Crippen LogP contribution in [0.25, 0.3) is 0 Å². The summed E-state index contributed by atoms with van der Waals surface area (Å²) in [6.45, 7) is -0.676.